The third-order valence-corrected chi connectivity index (χ3v) is 7.26. The van der Waals surface area contributed by atoms with Gasteiger partial charge < -0.3 is 34.9 Å². The van der Waals surface area contributed by atoms with Crippen LogP contribution in [0.2, 0.25) is 0 Å². The summed E-state index contributed by atoms with van der Waals surface area (Å²) in [6, 6.07) is 12.8. The summed E-state index contributed by atoms with van der Waals surface area (Å²) in [6.07, 6.45) is 4.66. The number of fused-ring (bicyclic) bond motifs is 3. The normalized spacial score (nSPS) is 13.3. The highest BCUT2D eigenvalue weighted by atomic mass is 32.1. The van der Waals surface area contributed by atoms with Crippen LogP contribution in [0, 0.1) is 0 Å². The van der Waals surface area contributed by atoms with E-state index in [0.29, 0.717) is 60.0 Å². The molecule has 12 nitrogen and oxygen atoms in total. The lowest BCUT2D eigenvalue weighted by molar-refractivity contribution is 0.102. The number of carbonyl (C=O) groups is 1. The maximum Gasteiger partial charge on any atom is 0.255 e. The number of amides is 1. The van der Waals surface area contributed by atoms with E-state index >= 15 is 0 Å². The number of nitrogens with zero attached hydrogens (tertiary/aromatic N) is 6. The molecule has 4 heterocycles. The average Bonchev–Trinajstić information content (AvgIpc) is 3.39. The number of aromatic amines is 1. The Kier molecular flexibility index (Phi) is 7.17. The van der Waals surface area contributed by atoms with Gasteiger partial charge in [0.1, 0.15) is 17.8 Å². The minimum atomic E-state index is -0.226. The lowest BCUT2D eigenvalue weighted by Gasteiger charge is -2.36. The molecule has 0 bridgehead atoms. The van der Waals surface area contributed by atoms with Gasteiger partial charge in [-0.2, -0.15) is 0 Å². The fourth-order valence-electron chi connectivity index (χ4n) is 4.82. The van der Waals surface area contributed by atoms with E-state index in [1.165, 1.54) is 0 Å². The summed E-state index contributed by atoms with van der Waals surface area (Å²) < 4.78 is 11.0. The van der Waals surface area contributed by atoms with Crippen molar-refractivity contribution >= 4 is 62.6 Å². The lowest BCUT2D eigenvalue weighted by Crippen LogP contribution is -2.50. The van der Waals surface area contributed by atoms with Gasteiger partial charge in [-0.1, -0.05) is 18.2 Å². The molecular weight excluding hydrogens is 542 g/mol. The van der Waals surface area contributed by atoms with Crippen LogP contribution in [0.3, 0.4) is 0 Å². The molecule has 1 saturated heterocycles. The molecule has 208 valence electrons. The van der Waals surface area contributed by atoms with Crippen LogP contribution in [0.4, 0.5) is 17.5 Å². The number of methoxy groups -OCH3 is 2. The van der Waals surface area contributed by atoms with E-state index in [1.807, 2.05) is 30.3 Å². The Hall–Kier alpha value is -5.04. The first-order valence-corrected chi connectivity index (χ1v) is 13.3. The van der Waals surface area contributed by atoms with Gasteiger partial charge in [0, 0.05) is 43.2 Å². The number of benzene rings is 2. The second-order valence-corrected chi connectivity index (χ2v) is 9.71. The van der Waals surface area contributed by atoms with Gasteiger partial charge in [-0.15, -0.1) is 0 Å². The minimum absolute atomic E-state index is 0.226. The highest BCUT2D eigenvalue weighted by molar-refractivity contribution is 7.80. The third kappa shape index (κ3) is 5.26. The molecule has 0 radical (unpaired) electrons. The van der Waals surface area contributed by atoms with Crippen molar-refractivity contribution in [2.45, 2.75) is 0 Å². The van der Waals surface area contributed by atoms with Crippen LogP contribution in [0.25, 0.3) is 21.9 Å². The first kappa shape index (κ1) is 26.2. The summed E-state index contributed by atoms with van der Waals surface area (Å²) in [7, 11) is 3.24. The molecule has 1 aliphatic rings. The van der Waals surface area contributed by atoms with Crippen molar-refractivity contribution in [1.82, 2.24) is 29.8 Å². The van der Waals surface area contributed by atoms with Gasteiger partial charge in [0.15, 0.2) is 16.6 Å². The van der Waals surface area contributed by atoms with Crippen LogP contribution >= 0.6 is 12.2 Å². The van der Waals surface area contributed by atoms with E-state index in [2.05, 4.69) is 45.4 Å². The largest absolute Gasteiger partial charge is 0.493 e. The van der Waals surface area contributed by atoms with Gasteiger partial charge in [-0.05, 0) is 30.4 Å². The molecule has 0 saturated carbocycles. The van der Waals surface area contributed by atoms with Crippen molar-refractivity contribution in [2.75, 3.05) is 55.9 Å². The second-order valence-electron chi connectivity index (χ2n) is 9.32. The Morgan fingerprint density at radius 3 is 2.34 bits per heavy atom. The smallest absolute Gasteiger partial charge is 0.255 e. The molecule has 41 heavy (non-hydrogen) atoms. The Labute approximate surface area is 240 Å². The molecule has 3 N–H and O–H groups in total. The quantitative estimate of drug-likeness (QED) is 0.259. The Bertz CT molecular complexity index is 1720. The minimum Gasteiger partial charge on any atom is -0.493 e. The highest BCUT2D eigenvalue weighted by Gasteiger charge is 2.24. The summed E-state index contributed by atoms with van der Waals surface area (Å²) in [4.78, 5) is 37.7. The number of hydrogen-bond donors (Lipinski definition) is 3. The van der Waals surface area contributed by atoms with Gasteiger partial charge in [-0.3, -0.25) is 4.79 Å². The van der Waals surface area contributed by atoms with Gasteiger partial charge in [-0.25, -0.2) is 19.9 Å². The molecule has 1 fully saturated rings. The summed E-state index contributed by atoms with van der Waals surface area (Å²) in [5.41, 5.74) is 2.70. The van der Waals surface area contributed by atoms with Crippen molar-refractivity contribution in [3.05, 3.63) is 66.7 Å². The number of anilines is 3. The van der Waals surface area contributed by atoms with Crippen molar-refractivity contribution in [3.63, 3.8) is 0 Å². The topological polar surface area (TPSA) is 133 Å². The van der Waals surface area contributed by atoms with Crippen molar-refractivity contribution in [2.24, 2.45) is 0 Å². The number of H-pyrrole nitrogens is 1. The van der Waals surface area contributed by atoms with E-state index < -0.39 is 0 Å². The average molecular weight is 570 g/mol. The maximum atomic E-state index is 12.4. The predicted molar refractivity (Wildman–Crippen MR) is 161 cm³/mol. The van der Waals surface area contributed by atoms with Crippen molar-refractivity contribution < 1.29 is 14.3 Å². The summed E-state index contributed by atoms with van der Waals surface area (Å²) in [6.45, 7) is 2.78. The molecule has 3 aromatic heterocycles. The molecule has 6 rings (SSSR count). The lowest BCUT2D eigenvalue weighted by atomic mass is 10.1. The summed E-state index contributed by atoms with van der Waals surface area (Å²) in [5, 5.41) is 8.32. The Morgan fingerprint density at radius 2 is 1.63 bits per heavy atom. The number of aromatic nitrogens is 5. The molecule has 5 aromatic rings. The molecular formula is C28H27N9O3S. The van der Waals surface area contributed by atoms with Crippen LogP contribution in [0.15, 0.2) is 61.2 Å². The first-order valence-electron chi connectivity index (χ1n) is 12.9. The second kappa shape index (κ2) is 11.2. The zero-order chi connectivity index (χ0) is 28.3. The number of thiocarbonyl (C=S) groups is 1. The zero-order valence-corrected chi connectivity index (χ0v) is 23.2. The molecule has 0 atom stereocenters. The number of piperazine rings is 1. The number of nitrogens with one attached hydrogen (secondary N) is 3. The third-order valence-electron chi connectivity index (χ3n) is 6.90. The molecule has 2 aromatic carbocycles. The van der Waals surface area contributed by atoms with Gasteiger partial charge in [0.25, 0.3) is 5.91 Å². The molecule has 0 aliphatic carbocycles. The summed E-state index contributed by atoms with van der Waals surface area (Å²) in [5.74, 6) is 2.27. The van der Waals surface area contributed by atoms with Crippen LogP contribution in [-0.2, 0) is 0 Å². The van der Waals surface area contributed by atoms with E-state index in [9.17, 15) is 4.79 Å². The number of rotatable bonds is 6. The number of ether oxygens (including phenoxy) is 2. The number of hydrogen-bond acceptors (Lipinski definition) is 9. The van der Waals surface area contributed by atoms with Crippen molar-refractivity contribution in [1.29, 1.82) is 0 Å². The predicted octanol–water partition coefficient (Wildman–Crippen LogP) is 3.69. The van der Waals surface area contributed by atoms with Crippen LogP contribution in [0.1, 0.15) is 10.4 Å². The van der Waals surface area contributed by atoms with E-state index in [1.54, 1.807) is 45.1 Å². The fraction of sp³-hybridized carbons (Fsp3) is 0.214. The monoisotopic (exact) mass is 569 g/mol. The molecule has 1 amide bonds. The van der Waals surface area contributed by atoms with Crippen LogP contribution < -0.4 is 25.0 Å². The van der Waals surface area contributed by atoms with Gasteiger partial charge >= 0.3 is 0 Å². The molecule has 13 heteroatoms. The first-order chi connectivity index (χ1) is 20.0. The SMILES string of the molecule is COc1cc2[nH]c3ncnc(N4CCN(C(=S)Nc5ncc(NC(=O)c6ccccc6)cn5)CC4)c3c2cc1OC. The Balaban J connectivity index is 1.11. The van der Waals surface area contributed by atoms with Crippen molar-refractivity contribution in [3.8, 4) is 11.5 Å². The van der Waals surface area contributed by atoms with E-state index in [0.717, 1.165) is 27.8 Å². The Morgan fingerprint density at radius 1 is 0.927 bits per heavy atom. The molecule has 0 spiro atoms. The zero-order valence-electron chi connectivity index (χ0n) is 22.4. The molecule has 1 aliphatic heterocycles. The van der Waals surface area contributed by atoms with Crippen LogP contribution in [-0.4, -0.2) is 81.2 Å². The van der Waals surface area contributed by atoms with E-state index in [-0.39, 0.29) is 5.91 Å². The maximum absolute atomic E-state index is 12.4. The number of carbonyl (C=O) groups excluding carboxylic acids is 1. The van der Waals surface area contributed by atoms with Crippen LogP contribution in [0.5, 0.6) is 11.5 Å². The fourth-order valence-corrected chi connectivity index (χ4v) is 5.10. The standard InChI is InChI=1S/C28H27N9O3S/c1-39-21-12-19-20(13-22(21)40-2)34-24-23(19)25(32-16-31-24)36-8-10-37(11-9-36)28(41)35-27-29-14-18(15-30-27)33-26(38)17-6-4-3-5-7-17/h3-7,12-16H,8-11H2,1-2H3,(H,33,38)(H,31,32,34)(H,29,30,35,41). The van der Waals surface area contributed by atoms with Gasteiger partial charge in [0.2, 0.25) is 5.95 Å². The molecule has 0 unspecified atom stereocenters. The van der Waals surface area contributed by atoms with E-state index in [4.69, 9.17) is 21.7 Å². The van der Waals surface area contributed by atoms with Gasteiger partial charge in [0.05, 0.1) is 43.2 Å². The summed E-state index contributed by atoms with van der Waals surface area (Å²) >= 11 is 5.65. The highest BCUT2D eigenvalue weighted by Crippen LogP contribution is 2.38.